The van der Waals surface area contributed by atoms with Crippen molar-refractivity contribution >= 4 is 32.8 Å². The number of halogens is 1. The Kier molecular flexibility index (Phi) is 4.42. The average Bonchev–Trinajstić information content (AvgIpc) is 2.66. The molecule has 0 unspecified atom stereocenters. The molecule has 2 aromatic rings. The van der Waals surface area contributed by atoms with E-state index in [4.69, 9.17) is 4.74 Å². The summed E-state index contributed by atoms with van der Waals surface area (Å²) >= 11 is 3.54. The summed E-state index contributed by atoms with van der Waals surface area (Å²) in [7, 11) is 0. The zero-order valence-electron chi connectivity index (χ0n) is 10.3. The maximum absolute atomic E-state index is 11.3. The third-order valence-electron chi connectivity index (χ3n) is 2.87. The number of ether oxygens (including phenoxy) is 1. The van der Waals surface area contributed by atoms with Crippen LogP contribution in [0.15, 0.2) is 28.9 Å². The molecular formula is C14H16BrNO2. The van der Waals surface area contributed by atoms with Crippen LogP contribution < -0.4 is 0 Å². The van der Waals surface area contributed by atoms with Crippen molar-refractivity contribution in [1.29, 1.82) is 0 Å². The van der Waals surface area contributed by atoms with Crippen LogP contribution in [0.2, 0.25) is 0 Å². The van der Waals surface area contributed by atoms with Gasteiger partial charge < -0.3 is 9.72 Å². The second kappa shape index (κ2) is 6.05. The van der Waals surface area contributed by atoms with Crippen molar-refractivity contribution in [2.24, 2.45) is 0 Å². The molecule has 0 bridgehead atoms. The summed E-state index contributed by atoms with van der Waals surface area (Å²) in [5.41, 5.74) is 2.35. The fraction of sp³-hybridized carbons (Fsp3) is 0.357. The Morgan fingerprint density at radius 3 is 2.94 bits per heavy atom. The second-order valence-corrected chi connectivity index (χ2v) is 4.91. The Bertz CT molecular complexity index is 548. The minimum Gasteiger partial charge on any atom is -0.466 e. The Labute approximate surface area is 115 Å². The highest BCUT2D eigenvalue weighted by Gasteiger charge is 2.09. The number of hydrogen-bond donors (Lipinski definition) is 1. The lowest BCUT2D eigenvalue weighted by Crippen LogP contribution is -2.04. The van der Waals surface area contributed by atoms with Crippen molar-refractivity contribution in [3.63, 3.8) is 0 Å². The SMILES string of the molecule is CCOC(=O)CCCc1c(Br)[nH]c2ccccc12. The van der Waals surface area contributed by atoms with E-state index in [0.29, 0.717) is 13.0 Å². The van der Waals surface area contributed by atoms with E-state index in [0.717, 1.165) is 23.0 Å². The Morgan fingerprint density at radius 1 is 1.39 bits per heavy atom. The van der Waals surface area contributed by atoms with Crippen LogP contribution in [0.5, 0.6) is 0 Å². The molecule has 3 nitrogen and oxygen atoms in total. The van der Waals surface area contributed by atoms with Gasteiger partial charge in [-0.3, -0.25) is 4.79 Å². The van der Waals surface area contributed by atoms with Crippen molar-refractivity contribution in [3.8, 4) is 0 Å². The summed E-state index contributed by atoms with van der Waals surface area (Å²) in [6.07, 6.45) is 2.14. The van der Waals surface area contributed by atoms with Crippen LogP contribution in [0.25, 0.3) is 10.9 Å². The van der Waals surface area contributed by atoms with E-state index in [9.17, 15) is 4.79 Å². The molecule has 0 aliphatic rings. The topological polar surface area (TPSA) is 42.1 Å². The summed E-state index contributed by atoms with van der Waals surface area (Å²) in [4.78, 5) is 14.6. The van der Waals surface area contributed by atoms with Crippen molar-refractivity contribution < 1.29 is 9.53 Å². The molecule has 1 heterocycles. The number of para-hydroxylation sites is 1. The molecule has 1 N–H and O–H groups in total. The molecule has 0 aliphatic carbocycles. The van der Waals surface area contributed by atoms with Crippen LogP contribution in [0.1, 0.15) is 25.3 Å². The third kappa shape index (κ3) is 2.93. The van der Waals surface area contributed by atoms with Crippen molar-refractivity contribution in [2.45, 2.75) is 26.2 Å². The molecule has 4 heteroatoms. The van der Waals surface area contributed by atoms with Crippen molar-refractivity contribution in [1.82, 2.24) is 4.98 Å². The van der Waals surface area contributed by atoms with Gasteiger partial charge in [-0.2, -0.15) is 0 Å². The number of carbonyl (C=O) groups is 1. The minimum absolute atomic E-state index is 0.117. The average molecular weight is 310 g/mol. The standard InChI is InChI=1S/C14H16BrNO2/c1-2-18-13(17)9-5-7-11-10-6-3-4-8-12(10)16-14(11)15/h3-4,6,8,16H,2,5,7,9H2,1H3. The first-order valence-corrected chi connectivity index (χ1v) is 6.92. The van der Waals surface area contributed by atoms with E-state index in [-0.39, 0.29) is 5.97 Å². The number of aryl methyl sites for hydroxylation is 1. The monoisotopic (exact) mass is 309 g/mol. The van der Waals surface area contributed by atoms with Crippen LogP contribution in [0.4, 0.5) is 0 Å². The number of esters is 1. The van der Waals surface area contributed by atoms with Crippen LogP contribution in [0, 0.1) is 0 Å². The molecule has 0 saturated heterocycles. The second-order valence-electron chi connectivity index (χ2n) is 4.12. The summed E-state index contributed by atoms with van der Waals surface area (Å²) < 4.78 is 5.93. The van der Waals surface area contributed by atoms with Gasteiger partial charge >= 0.3 is 5.97 Å². The first kappa shape index (κ1) is 13.1. The van der Waals surface area contributed by atoms with Gasteiger partial charge in [-0.25, -0.2) is 0 Å². The maximum Gasteiger partial charge on any atom is 0.305 e. The van der Waals surface area contributed by atoms with Gasteiger partial charge in [-0.05, 0) is 47.3 Å². The number of aromatic nitrogens is 1. The number of rotatable bonds is 5. The highest BCUT2D eigenvalue weighted by atomic mass is 79.9. The minimum atomic E-state index is -0.117. The van der Waals surface area contributed by atoms with Gasteiger partial charge in [0.15, 0.2) is 0 Å². The van der Waals surface area contributed by atoms with Crippen LogP contribution in [-0.4, -0.2) is 17.6 Å². The van der Waals surface area contributed by atoms with Crippen LogP contribution >= 0.6 is 15.9 Å². The summed E-state index contributed by atoms with van der Waals surface area (Å²) in [5, 5.41) is 1.22. The number of nitrogens with one attached hydrogen (secondary N) is 1. The molecule has 96 valence electrons. The lowest BCUT2D eigenvalue weighted by molar-refractivity contribution is -0.143. The lowest BCUT2D eigenvalue weighted by Gasteiger charge is -2.02. The van der Waals surface area contributed by atoms with Gasteiger partial charge in [0.2, 0.25) is 0 Å². The number of aromatic amines is 1. The normalized spacial score (nSPS) is 10.8. The van der Waals surface area contributed by atoms with Gasteiger partial charge in [0.05, 0.1) is 11.2 Å². The Balaban J connectivity index is 2.03. The summed E-state index contributed by atoms with van der Waals surface area (Å²) in [6.45, 7) is 2.28. The molecule has 0 fully saturated rings. The highest BCUT2D eigenvalue weighted by Crippen LogP contribution is 2.27. The summed E-state index contributed by atoms with van der Waals surface area (Å²) in [5.74, 6) is -0.117. The molecule has 0 atom stereocenters. The number of carbonyl (C=O) groups excluding carboxylic acids is 1. The number of H-pyrrole nitrogens is 1. The summed E-state index contributed by atoms with van der Waals surface area (Å²) in [6, 6.07) is 8.18. The van der Waals surface area contributed by atoms with E-state index < -0.39 is 0 Å². The molecule has 0 aliphatic heterocycles. The molecule has 1 aromatic carbocycles. The molecule has 0 amide bonds. The van der Waals surface area contributed by atoms with Gasteiger partial charge in [-0.15, -0.1) is 0 Å². The van der Waals surface area contributed by atoms with Crippen LogP contribution in [0.3, 0.4) is 0 Å². The smallest absolute Gasteiger partial charge is 0.305 e. The lowest BCUT2D eigenvalue weighted by atomic mass is 10.1. The van der Waals surface area contributed by atoms with E-state index >= 15 is 0 Å². The van der Waals surface area contributed by atoms with E-state index in [2.05, 4.69) is 33.0 Å². The zero-order valence-corrected chi connectivity index (χ0v) is 11.9. The molecular weight excluding hydrogens is 294 g/mol. The van der Waals surface area contributed by atoms with Gasteiger partial charge in [0.1, 0.15) is 0 Å². The van der Waals surface area contributed by atoms with Crippen LogP contribution in [-0.2, 0) is 16.0 Å². The first-order chi connectivity index (χ1) is 8.72. The number of fused-ring (bicyclic) bond motifs is 1. The van der Waals surface area contributed by atoms with Gasteiger partial charge in [-0.1, -0.05) is 18.2 Å². The molecule has 18 heavy (non-hydrogen) atoms. The van der Waals surface area contributed by atoms with Gasteiger partial charge in [0.25, 0.3) is 0 Å². The zero-order chi connectivity index (χ0) is 13.0. The number of benzene rings is 1. The third-order valence-corrected chi connectivity index (χ3v) is 3.55. The first-order valence-electron chi connectivity index (χ1n) is 6.13. The fourth-order valence-corrected chi connectivity index (χ4v) is 2.68. The maximum atomic E-state index is 11.3. The molecule has 0 saturated carbocycles. The Morgan fingerprint density at radius 2 is 2.17 bits per heavy atom. The molecule has 1 aromatic heterocycles. The van der Waals surface area contributed by atoms with E-state index in [1.165, 1.54) is 10.9 Å². The number of hydrogen-bond acceptors (Lipinski definition) is 2. The highest BCUT2D eigenvalue weighted by molar-refractivity contribution is 9.10. The molecule has 0 spiro atoms. The van der Waals surface area contributed by atoms with Crippen molar-refractivity contribution in [3.05, 3.63) is 34.4 Å². The molecule has 2 rings (SSSR count). The van der Waals surface area contributed by atoms with E-state index in [1.807, 2.05) is 19.1 Å². The predicted octanol–water partition coefficient (Wildman–Crippen LogP) is 3.82. The van der Waals surface area contributed by atoms with E-state index in [1.54, 1.807) is 0 Å². The fourth-order valence-electron chi connectivity index (χ4n) is 2.05. The Hall–Kier alpha value is -1.29. The molecule has 0 radical (unpaired) electrons. The predicted molar refractivity (Wildman–Crippen MR) is 75.6 cm³/mol. The largest absolute Gasteiger partial charge is 0.466 e. The van der Waals surface area contributed by atoms with Crippen molar-refractivity contribution in [2.75, 3.05) is 6.61 Å². The quantitative estimate of drug-likeness (QED) is 0.853. The van der Waals surface area contributed by atoms with Gasteiger partial charge in [0, 0.05) is 17.3 Å².